The lowest BCUT2D eigenvalue weighted by Crippen LogP contribution is -2.39. The fourth-order valence-corrected chi connectivity index (χ4v) is 1.80. The Bertz CT molecular complexity index is 236. The van der Waals surface area contributed by atoms with Gasteiger partial charge in [0.25, 0.3) is 5.92 Å². The van der Waals surface area contributed by atoms with Crippen LogP contribution in [0.3, 0.4) is 0 Å². The second-order valence-corrected chi connectivity index (χ2v) is 3.73. The topological polar surface area (TPSA) is 55.6 Å². The van der Waals surface area contributed by atoms with Gasteiger partial charge in [-0.2, -0.15) is 0 Å². The highest BCUT2D eigenvalue weighted by molar-refractivity contribution is 5.77. The van der Waals surface area contributed by atoms with Crippen molar-refractivity contribution in [2.24, 2.45) is 5.73 Å². The highest BCUT2D eigenvalue weighted by Gasteiger charge is 2.46. The van der Waals surface area contributed by atoms with Gasteiger partial charge < -0.3 is 15.4 Å². The predicted octanol–water partition coefficient (Wildman–Crippen LogP) is 0.218. The number of halogens is 2. The Labute approximate surface area is 87.4 Å². The predicted molar refractivity (Wildman–Crippen MR) is 50.6 cm³/mol. The highest BCUT2D eigenvalue weighted by Crippen LogP contribution is 2.32. The van der Waals surface area contributed by atoms with E-state index in [1.165, 1.54) is 12.0 Å². The zero-order valence-electron chi connectivity index (χ0n) is 8.71. The molecule has 0 spiro atoms. The lowest BCUT2D eigenvalue weighted by molar-refractivity contribution is -0.133. The number of alkyl halides is 2. The van der Waals surface area contributed by atoms with Gasteiger partial charge in [0.2, 0.25) is 5.91 Å². The number of hydrogen-bond donors (Lipinski definition) is 1. The second-order valence-electron chi connectivity index (χ2n) is 3.73. The molecule has 1 atom stereocenters. The molecular weight excluding hydrogens is 206 g/mol. The summed E-state index contributed by atoms with van der Waals surface area (Å²) >= 11 is 0. The van der Waals surface area contributed by atoms with E-state index in [9.17, 15) is 13.6 Å². The molecule has 1 heterocycles. The summed E-state index contributed by atoms with van der Waals surface area (Å²) in [6, 6.07) is -0.524. The first-order valence-corrected chi connectivity index (χ1v) is 4.86. The number of rotatable bonds is 4. The number of carbonyl (C=O) groups is 1. The molecular formula is C9H16F2N2O2. The first-order valence-electron chi connectivity index (χ1n) is 4.86. The van der Waals surface area contributed by atoms with Gasteiger partial charge in [-0.25, -0.2) is 8.78 Å². The van der Waals surface area contributed by atoms with E-state index in [2.05, 4.69) is 0 Å². The Hall–Kier alpha value is -0.750. The Morgan fingerprint density at radius 3 is 2.87 bits per heavy atom. The van der Waals surface area contributed by atoms with E-state index in [0.717, 1.165) is 0 Å². The smallest absolute Gasteiger partial charge is 0.267 e. The van der Waals surface area contributed by atoms with E-state index < -0.39 is 18.5 Å². The monoisotopic (exact) mass is 222 g/mol. The van der Waals surface area contributed by atoms with Gasteiger partial charge in [0.1, 0.15) is 0 Å². The quantitative estimate of drug-likeness (QED) is 0.740. The summed E-state index contributed by atoms with van der Waals surface area (Å²) in [5.41, 5.74) is 5.22. The largest absolute Gasteiger partial charge is 0.383 e. The maximum Gasteiger partial charge on any atom is 0.267 e. The first kappa shape index (κ1) is 12.3. The lowest BCUT2D eigenvalue weighted by Gasteiger charge is -2.22. The molecule has 1 aliphatic rings. The maximum atomic E-state index is 13.1. The molecule has 0 aromatic carbocycles. The number of ether oxygens (including phenoxy) is 1. The van der Waals surface area contributed by atoms with E-state index in [4.69, 9.17) is 10.5 Å². The molecule has 0 bridgehead atoms. The maximum absolute atomic E-state index is 13.1. The van der Waals surface area contributed by atoms with Crippen LogP contribution in [0.4, 0.5) is 8.78 Å². The molecule has 4 nitrogen and oxygen atoms in total. The van der Waals surface area contributed by atoms with Crippen molar-refractivity contribution in [2.45, 2.75) is 24.8 Å². The summed E-state index contributed by atoms with van der Waals surface area (Å²) in [5, 5.41) is 0. The van der Waals surface area contributed by atoms with Crippen LogP contribution < -0.4 is 5.73 Å². The van der Waals surface area contributed by atoms with Crippen molar-refractivity contribution in [3.63, 3.8) is 0 Å². The molecule has 1 unspecified atom stereocenters. The molecule has 0 aromatic rings. The molecule has 0 saturated carbocycles. The highest BCUT2D eigenvalue weighted by atomic mass is 19.3. The van der Waals surface area contributed by atoms with E-state index in [0.29, 0.717) is 0 Å². The van der Waals surface area contributed by atoms with Crippen molar-refractivity contribution in [2.75, 3.05) is 26.8 Å². The lowest BCUT2D eigenvalue weighted by atomic mass is 10.2. The van der Waals surface area contributed by atoms with Gasteiger partial charge in [-0.15, -0.1) is 0 Å². The summed E-state index contributed by atoms with van der Waals surface area (Å²) in [4.78, 5) is 12.7. The Morgan fingerprint density at radius 1 is 1.67 bits per heavy atom. The van der Waals surface area contributed by atoms with E-state index in [-0.39, 0.29) is 31.9 Å². The molecule has 0 radical (unpaired) electrons. The van der Waals surface area contributed by atoms with Crippen LogP contribution in [0, 0.1) is 0 Å². The van der Waals surface area contributed by atoms with Crippen molar-refractivity contribution >= 4 is 5.91 Å². The molecule has 1 fully saturated rings. The van der Waals surface area contributed by atoms with Crippen LogP contribution >= 0.6 is 0 Å². The number of hydrogen-bond acceptors (Lipinski definition) is 3. The number of likely N-dealkylation sites (tertiary alicyclic amines) is 1. The van der Waals surface area contributed by atoms with Crippen molar-refractivity contribution in [1.82, 2.24) is 4.90 Å². The molecule has 0 aromatic heterocycles. The van der Waals surface area contributed by atoms with Crippen LogP contribution in [0.5, 0.6) is 0 Å². The normalized spacial score (nSPS) is 24.5. The molecule has 6 heteroatoms. The van der Waals surface area contributed by atoms with Gasteiger partial charge in [-0.3, -0.25) is 4.79 Å². The molecule has 1 aliphatic heterocycles. The average Bonchev–Trinajstić information content (AvgIpc) is 2.42. The van der Waals surface area contributed by atoms with Crippen LogP contribution in [0.15, 0.2) is 0 Å². The van der Waals surface area contributed by atoms with Gasteiger partial charge in [-0.1, -0.05) is 0 Å². The molecule has 1 rings (SSSR count). The van der Waals surface area contributed by atoms with Crippen molar-refractivity contribution in [3.05, 3.63) is 0 Å². The van der Waals surface area contributed by atoms with Crippen LogP contribution in [0.25, 0.3) is 0 Å². The standard InChI is InChI=1S/C9H16F2N2O2/c1-15-5-7-4-9(10,11)6-13(7)8(14)2-3-12/h7H,2-6,12H2,1H3. The molecule has 0 aliphatic carbocycles. The van der Waals surface area contributed by atoms with Gasteiger partial charge in [0.05, 0.1) is 19.2 Å². The van der Waals surface area contributed by atoms with E-state index >= 15 is 0 Å². The minimum absolute atomic E-state index is 0.107. The van der Waals surface area contributed by atoms with Crippen LogP contribution in [-0.2, 0) is 9.53 Å². The fraction of sp³-hybridized carbons (Fsp3) is 0.889. The van der Waals surface area contributed by atoms with Crippen molar-refractivity contribution < 1.29 is 18.3 Å². The van der Waals surface area contributed by atoms with Gasteiger partial charge in [0, 0.05) is 26.5 Å². The zero-order chi connectivity index (χ0) is 11.5. The van der Waals surface area contributed by atoms with E-state index in [1.54, 1.807) is 0 Å². The summed E-state index contributed by atoms with van der Waals surface area (Å²) < 4.78 is 31.0. The Morgan fingerprint density at radius 2 is 2.33 bits per heavy atom. The third-order valence-electron chi connectivity index (χ3n) is 2.41. The van der Waals surface area contributed by atoms with Gasteiger partial charge in [0.15, 0.2) is 0 Å². The second kappa shape index (κ2) is 4.85. The third-order valence-corrected chi connectivity index (χ3v) is 2.41. The molecule has 15 heavy (non-hydrogen) atoms. The van der Waals surface area contributed by atoms with Crippen LogP contribution in [-0.4, -0.2) is 49.6 Å². The fourth-order valence-electron chi connectivity index (χ4n) is 1.80. The van der Waals surface area contributed by atoms with E-state index in [1.807, 2.05) is 0 Å². The molecule has 1 saturated heterocycles. The van der Waals surface area contributed by atoms with Crippen molar-refractivity contribution in [1.29, 1.82) is 0 Å². The van der Waals surface area contributed by atoms with Gasteiger partial charge in [-0.05, 0) is 0 Å². The number of amides is 1. The molecule has 2 N–H and O–H groups in total. The summed E-state index contributed by atoms with van der Waals surface area (Å²) in [6.07, 6.45) is -0.215. The van der Waals surface area contributed by atoms with Crippen molar-refractivity contribution in [3.8, 4) is 0 Å². The number of nitrogens with zero attached hydrogens (tertiary/aromatic N) is 1. The van der Waals surface area contributed by atoms with Crippen LogP contribution in [0.1, 0.15) is 12.8 Å². The van der Waals surface area contributed by atoms with Crippen LogP contribution in [0.2, 0.25) is 0 Å². The summed E-state index contributed by atoms with van der Waals surface area (Å²) in [7, 11) is 1.43. The third kappa shape index (κ3) is 3.10. The SMILES string of the molecule is COCC1CC(F)(F)CN1C(=O)CCN. The Kier molecular flexibility index (Phi) is 3.98. The Balaban J connectivity index is 2.64. The number of nitrogens with two attached hydrogens (primary N) is 1. The minimum atomic E-state index is -2.80. The average molecular weight is 222 g/mol. The number of methoxy groups -OCH3 is 1. The van der Waals surface area contributed by atoms with Gasteiger partial charge >= 0.3 is 0 Å². The zero-order valence-corrected chi connectivity index (χ0v) is 8.71. The minimum Gasteiger partial charge on any atom is -0.383 e. The molecule has 1 amide bonds. The summed E-state index contributed by atoms with van der Waals surface area (Å²) in [5.74, 6) is -3.12. The molecule has 88 valence electrons. The number of carbonyl (C=O) groups excluding carboxylic acids is 1. The summed E-state index contributed by atoms with van der Waals surface area (Å²) in [6.45, 7) is -0.188. The first-order chi connectivity index (χ1) is 7.00.